The summed E-state index contributed by atoms with van der Waals surface area (Å²) in [4.78, 5) is 19.2. The molecule has 0 saturated carbocycles. The van der Waals surface area contributed by atoms with Crippen LogP contribution in [0.25, 0.3) is 0 Å². The Morgan fingerprint density at radius 3 is 2.48 bits per heavy atom. The van der Waals surface area contributed by atoms with Gasteiger partial charge >= 0.3 is 0 Å². The summed E-state index contributed by atoms with van der Waals surface area (Å²) in [6.45, 7) is 7.31. The van der Waals surface area contributed by atoms with E-state index in [9.17, 15) is 4.79 Å². The number of likely N-dealkylation sites (tertiary alicyclic amines) is 1. The van der Waals surface area contributed by atoms with Crippen LogP contribution in [0.15, 0.2) is 0 Å². The molecule has 2 fully saturated rings. The number of hydrogen-bond donors (Lipinski definition) is 0. The molecule has 2 aliphatic rings. The fraction of sp³-hybridized carbons (Fsp3) is 0.938. The molecule has 0 aromatic carbocycles. The van der Waals surface area contributed by atoms with Crippen molar-refractivity contribution in [3.05, 3.63) is 0 Å². The standard InChI is InChI=1S/C16H31N3O2/c1-14(16(20)18-8-6-4-5-7-9-18)19-10-11-21-15(13-19)12-17(2)3/h14-15H,4-13H2,1-3H3/t14-,15+/m1/s1. The van der Waals surface area contributed by atoms with Crippen LogP contribution in [-0.2, 0) is 9.53 Å². The van der Waals surface area contributed by atoms with Gasteiger partial charge in [-0.1, -0.05) is 12.8 Å². The van der Waals surface area contributed by atoms with Gasteiger partial charge in [0.05, 0.1) is 18.8 Å². The summed E-state index contributed by atoms with van der Waals surface area (Å²) in [5, 5.41) is 0. The SMILES string of the molecule is C[C@H](C(=O)N1CCCCCC1)N1CCO[C@@H](CN(C)C)C1. The Kier molecular flexibility index (Phi) is 6.45. The molecular formula is C16H31N3O2. The van der Waals surface area contributed by atoms with E-state index < -0.39 is 0 Å². The Hall–Kier alpha value is -0.650. The van der Waals surface area contributed by atoms with Crippen LogP contribution in [0.2, 0.25) is 0 Å². The number of amides is 1. The van der Waals surface area contributed by atoms with Crippen molar-refractivity contribution >= 4 is 5.91 Å². The molecular weight excluding hydrogens is 266 g/mol. The van der Waals surface area contributed by atoms with Crippen LogP contribution in [0.1, 0.15) is 32.6 Å². The summed E-state index contributed by atoms with van der Waals surface area (Å²) in [5.74, 6) is 0.308. The van der Waals surface area contributed by atoms with Crippen molar-refractivity contribution in [2.45, 2.75) is 44.8 Å². The van der Waals surface area contributed by atoms with Gasteiger partial charge in [-0.2, -0.15) is 0 Å². The summed E-state index contributed by atoms with van der Waals surface area (Å²) in [6, 6.07) is -0.0170. The molecule has 0 unspecified atom stereocenters. The lowest BCUT2D eigenvalue weighted by atomic mass is 10.1. The molecule has 0 N–H and O–H groups in total. The van der Waals surface area contributed by atoms with Crippen LogP contribution >= 0.6 is 0 Å². The van der Waals surface area contributed by atoms with E-state index in [0.717, 1.165) is 52.2 Å². The van der Waals surface area contributed by atoms with Crippen molar-refractivity contribution in [2.75, 3.05) is 53.4 Å². The zero-order valence-electron chi connectivity index (χ0n) is 13.9. The molecule has 1 amide bonds. The van der Waals surface area contributed by atoms with E-state index in [1.807, 2.05) is 0 Å². The van der Waals surface area contributed by atoms with Crippen LogP contribution in [0, 0.1) is 0 Å². The topological polar surface area (TPSA) is 36.0 Å². The predicted octanol–water partition coefficient (Wildman–Crippen LogP) is 1.04. The maximum Gasteiger partial charge on any atom is 0.239 e. The van der Waals surface area contributed by atoms with E-state index in [2.05, 4.69) is 35.7 Å². The lowest BCUT2D eigenvalue weighted by molar-refractivity contribution is -0.139. The molecule has 21 heavy (non-hydrogen) atoms. The zero-order chi connectivity index (χ0) is 15.2. The molecule has 2 rings (SSSR count). The van der Waals surface area contributed by atoms with Crippen LogP contribution < -0.4 is 0 Å². The van der Waals surface area contributed by atoms with Gasteiger partial charge in [-0.15, -0.1) is 0 Å². The first-order valence-corrected chi connectivity index (χ1v) is 8.37. The highest BCUT2D eigenvalue weighted by Crippen LogP contribution is 2.15. The molecule has 2 heterocycles. The van der Waals surface area contributed by atoms with Crippen molar-refractivity contribution in [1.29, 1.82) is 0 Å². The van der Waals surface area contributed by atoms with E-state index in [0.29, 0.717) is 5.91 Å². The van der Waals surface area contributed by atoms with E-state index >= 15 is 0 Å². The van der Waals surface area contributed by atoms with Crippen LogP contribution in [0.5, 0.6) is 0 Å². The average Bonchev–Trinajstić information content (AvgIpc) is 2.74. The van der Waals surface area contributed by atoms with Crippen molar-refractivity contribution < 1.29 is 9.53 Å². The number of rotatable bonds is 4. The molecule has 0 aromatic rings. The molecule has 5 heteroatoms. The van der Waals surface area contributed by atoms with Gasteiger partial charge in [0.1, 0.15) is 0 Å². The first-order valence-electron chi connectivity index (χ1n) is 8.37. The summed E-state index contributed by atoms with van der Waals surface area (Å²) < 4.78 is 5.81. The Morgan fingerprint density at radius 1 is 1.19 bits per heavy atom. The highest BCUT2D eigenvalue weighted by Gasteiger charge is 2.30. The number of ether oxygens (including phenoxy) is 1. The summed E-state index contributed by atoms with van der Waals surface area (Å²) in [5.41, 5.74) is 0. The minimum absolute atomic E-state index is 0.0170. The highest BCUT2D eigenvalue weighted by atomic mass is 16.5. The molecule has 0 spiro atoms. The van der Waals surface area contributed by atoms with Gasteiger partial charge in [0, 0.05) is 32.7 Å². The molecule has 2 aliphatic heterocycles. The predicted molar refractivity (Wildman–Crippen MR) is 84.4 cm³/mol. The fourth-order valence-electron chi connectivity index (χ4n) is 3.32. The molecule has 0 aromatic heterocycles. The normalized spacial score (nSPS) is 26.7. The second-order valence-corrected chi connectivity index (χ2v) is 6.67. The van der Waals surface area contributed by atoms with Gasteiger partial charge < -0.3 is 14.5 Å². The third-order valence-corrected chi connectivity index (χ3v) is 4.56. The van der Waals surface area contributed by atoms with E-state index in [4.69, 9.17) is 4.74 Å². The van der Waals surface area contributed by atoms with E-state index in [1.165, 1.54) is 12.8 Å². The van der Waals surface area contributed by atoms with Gasteiger partial charge in [0.15, 0.2) is 0 Å². The summed E-state index contributed by atoms with van der Waals surface area (Å²) in [7, 11) is 4.13. The summed E-state index contributed by atoms with van der Waals surface area (Å²) in [6.07, 6.45) is 5.06. The molecule has 2 saturated heterocycles. The third-order valence-electron chi connectivity index (χ3n) is 4.56. The third kappa shape index (κ3) is 4.94. The molecule has 2 atom stereocenters. The van der Waals surface area contributed by atoms with E-state index in [-0.39, 0.29) is 12.1 Å². The minimum atomic E-state index is -0.0170. The fourth-order valence-corrected chi connectivity index (χ4v) is 3.32. The molecule has 0 radical (unpaired) electrons. The number of likely N-dealkylation sites (N-methyl/N-ethyl adjacent to an activating group) is 1. The van der Waals surface area contributed by atoms with Crippen LogP contribution in [0.3, 0.4) is 0 Å². The maximum absolute atomic E-state index is 12.7. The highest BCUT2D eigenvalue weighted by molar-refractivity contribution is 5.81. The van der Waals surface area contributed by atoms with Gasteiger partial charge in [-0.05, 0) is 33.9 Å². The van der Waals surface area contributed by atoms with Gasteiger partial charge in [-0.25, -0.2) is 0 Å². The Morgan fingerprint density at radius 2 is 1.86 bits per heavy atom. The molecule has 122 valence electrons. The smallest absolute Gasteiger partial charge is 0.239 e. The second kappa shape index (κ2) is 8.11. The number of carbonyl (C=O) groups excluding carboxylic acids is 1. The average molecular weight is 297 g/mol. The molecule has 0 bridgehead atoms. The van der Waals surface area contributed by atoms with Crippen molar-refractivity contribution in [1.82, 2.24) is 14.7 Å². The number of morpholine rings is 1. The number of hydrogen-bond acceptors (Lipinski definition) is 4. The lowest BCUT2D eigenvalue weighted by Crippen LogP contribution is -2.54. The Labute approximate surface area is 129 Å². The second-order valence-electron chi connectivity index (χ2n) is 6.67. The minimum Gasteiger partial charge on any atom is -0.374 e. The van der Waals surface area contributed by atoms with E-state index in [1.54, 1.807) is 0 Å². The van der Waals surface area contributed by atoms with Crippen LogP contribution in [0.4, 0.5) is 0 Å². The van der Waals surface area contributed by atoms with Gasteiger partial charge in [0.25, 0.3) is 0 Å². The van der Waals surface area contributed by atoms with Gasteiger partial charge in [0.2, 0.25) is 5.91 Å². The lowest BCUT2D eigenvalue weighted by Gasteiger charge is -2.38. The zero-order valence-corrected chi connectivity index (χ0v) is 13.9. The summed E-state index contributed by atoms with van der Waals surface area (Å²) >= 11 is 0. The number of nitrogens with zero attached hydrogens (tertiary/aromatic N) is 3. The van der Waals surface area contributed by atoms with Crippen molar-refractivity contribution in [3.8, 4) is 0 Å². The first-order chi connectivity index (χ1) is 10.1. The molecule has 5 nitrogen and oxygen atoms in total. The van der Waals surface area contributed by atoms with Gasteiger partial charge in [-0.3, -0.25) is 9.69 Å². The van der Waals surface area contributed by atoms with Crippen LogP contribution in [-0.4, -0.2) is 86.2 Å². The monoisotopic (exact) mass is 297 g/mol. The Balaban J connectivity index is 1.88. The Bertz CT molecular complexity index is 327. The largest absolute Gasteiger partial charge is 0.374 e. The van der Waals surface area contributed by atoms with Crippen molar-refractivity contribution in [2.24, 2.45) is 0 Å². The molecule has 0 aliphatic carbocycles. The maximum atomic E-state index is 12.7. The first kappa shape index (κ1) is 16.7. The van der Waals surface area contributed by atoms with Crippen molar-refractivity contribution in [3.63, 3.8) is 0 Å². The quantitative estimate of drug-likeness (QED) is 0.777. The number of carbonyl (C=O) groups is 1.